The van der Waals surface area contributed by atoms with Gasteiger partial charge in [0, 0.05) is 42.9 Å². The molecule has 12 nitrogen and oxygen atoms in total. The number of rotatable bonds is 8. The van der Waals surface area contributed by atoms with Gasteiger partial charge in [-0.25, -0.2) is 19.2 Å². The number of nitrogens with one attached hydrogen (secondary N) is 5. The number of amides is 4. The van der Waals surface area contributed by atoms with E-state index in [2.05, 4.69) is 36.7 Å². The number of carbonyl (C=O) groups excluding carboxylic acids is 3. The van der Waals surface area contributed by atoms with Gasteiger partial charge in [0.05, 0.1) is 6.20 Å². The Labute approximate surface area is 227 Å². The zero-order chi connectivity index (χ0) is 27.8. The van der Waals surface area contributed by atoms with Gasteiger partial charge in [0.15, 0.2) is 5.65 Å². The first-order chi connectivity index (χ1) is 19.3. The van der Waals surface area contributed by atoms with Crippen molar-refractivity contribution in [1.82, 2.24) is 30.2 Å². The molecule has 1 saturated carbocycles. The van der Waals surface area contributed by atoms with Gasteiger partial charge in [-0.15, -0.1) is 0 Å². The molecule has 0 bridgehead atoms. The highest BCUT2D eigenvalue weighted by Gasteiger charge is 2.25. The van der Waals surface area contributed by atoms with Gasteiger partial charge >= 0.3 is 6.03 Å². The number of hydrogen-bond acceptors (Lipinski definition) is 8. The Hall–Kier alpha value is -5.33. The van der Waals surface area contributed by atoms with E-state index in [9.17, 15) is 18.8 Å². The average Bonchev–Trinajstić information content (AvgIpc) is 3.56. The third-order valence-corrected chi connectivity index (χ3v) is 6.36. The molecule has 1 aromatic carbocycles. The summed E-state index contributed by atoms with van der Waals surface area (Å²) in [6.45, 7) is 1.72. The van der Waals surface area contributed by atoms with Gasteiger partial charge in [-0.1, -0.05) is 6.07 Å². The van der Waals surface area contributed by atoms with E-state index in [1.807, 2.05) is 6.07 Å². The summed E-state index contributed by atoms with van der Waals surface area (Å²) in [5, 5.41) is 18.5. The molecule has 1 aliphatic heterocycles. The number of imide groups is 1. The van der Waals surface area contributed by atoms with Crippen molar-refractivity contribution in [1.29, 1.82) is 0 Å². The Bertz CT molecular complexity index is 1690. The zero-order valence-electron chi connectivity index (χ0n) is 21.3. The molecule has 1 saturated heterocycles. The molecule has 0 unspecified atom stereocenters. The third kappa shape index (κ3) is 5.29. The molecule has 2 aliphatic rings. The maximum absolute atomic E-state index is 14.2. The molecule has 0 atom stereocenters. The Balaban J connectivity index is 1.31. The smallest absolute Gasteiger partial charge is 0.326 e. The van der Waals surface area contributed by atoms with E-state index in [0.717, 1.165) is 24.2 Å². The van der Waals surface area contributed by atoms with Crippen LogP contribution in [0.15, 0.2) is 54.5 Å². The number of nitrogens with zero attached hydrogens (tertiary/aromatic N) is 4. The van der Waals surface area contributed by atoms with Gasteiger partial charge in [0.2, 0.25) is 5.91 Å². The third-order valence-electron chi connectivity index (χ3n) is 6.36. The first-order valence-corrected chi connectivity index (χ1v) is 12.6. The van der Waals surface area contributed by atoms with Crippen LogP contribution in [0.25, 0.3) is 22.9 Å². The number of anilines is 3. The average molecular weight is 542 g/mol. The van der Waals surface area contributed by atoms with Crippen molar-refractivity contribution in [3.63, 3.8) is 0 Å². The van der Waals surface area contributed by atoms with Crippen LogP contribution in [0.5, 0.6) is 0 Å². The minimum absolute atomic E-state index is 0.103. The quantitative estimate of drug-likeness (QED) is 0.168. The minimum Gasteiger partial charge on any atom is -0.367 e. The number of halogens is 1. The molecule has 5 N–H and O–H groups in total. The van der Waals surface area contributed by atoms with Crippen molar-refractivity contribution in [2.24, 2.45) is 0 Å². The van der Waals surface area contributed by atoms with Crippen molar-refractivity contribution >= 4 is 47.0 Å². The lowest BCUT2D eigenvalue weighted by Crippen LogP contribution is -2.22. The first kappa shape index (κ1) is 25.0. The normalized spacial score (nSPS) is 15.7. The number of aromatic nitrogens is 4. The monoisotopic (exact) mass is 541 g/mol. The Morgan fingerprint density at radius 1 is 1.12 bits per heavy atom. The zero-order valence-corrected chi connectivity index (χ0v) is 21.3. The van der Waals surface area contributed by atoms with Crippen molar-refractivity contribution in [2.45, 2.75) is 32.4 Å². The van der Waals surface area contributed by atoms with Crippen LogP contribution in [-0.2, 0) is 16.1 Å². The van der Waals surface area contributed by atoms with Crippen molar-refractivity contribution in [3.8, 4) is 11.1 Å². The van der Waals surface area contributed by atoms with Crippen molar-refractivity contribution < 1.29 is 18.8 Å². The molecular formula is C27H24FN9O3. The van der Waals surface area contributed by atoms with Gasteiger partial charge in [-0.3, -0.25) is 14.9 Å². The number of carbonyl (C=O) groups is 3. The first-order valence-electron chi connectivity index (χ1n) is 12.6. The molecule has 2 fully saturated rings. The number of fused-ring (bicyclic) bond motifs is 1. The molecule has 4 heterocycles. The second kappa shape index (κ2) is 10.1. The lowest BCUT2D eigenvalue weighted by Gasteiger charge is -2.14. The van der Waals surface area contributed by atoms with E-state index >= 15 is 0 Å². The summed E-state index contributed by atoms with van der Waals surface area (Å²) in [6.07, 6.45) is 6.77. The van der Waals surface area contributed by atoms with Gasteiger partial charge in [-0.2, -0.15) is 9.61 Å². The molecule has 40 heavy (non-hydrogen) atoms. The van der Waals surface area contributed by atoms with Gasteiger partial charge in [0.25, 0.3) is 5.91 Å². The highest BCUT2D eigenvalue weighted by molar-refractivity contribution is 6.14. The van der Waals surface area contributed by atoms with E-state index in [1.54, 1.807) is 35.1 Å². The Kier molecular flexibility index (Phi) is 6.30. The van der Waals surface area contributed by atoms with Crippen LogP contribution in [0.1, 0.15) is 30.9 Å². The Morgan fingerprint density at radius 3 is 2.67 bits per heavy atom. The van der Waals surface area contributed by atoms with Crippen molar-refractivity contribution in [3.05, 3.63) is 71.4 Å². The molecule has 0 radical (unpaired) electrons. The van der Waals surface area contributed by atoms with Gasteiger partial charge < -0.3 is 21.3 Å². The predicted molar refractivity (Wildman–Crippen MR) is 146 cm³/mol. The highest BCUT2D eigenvalue weighted by Crippen LogP contribution is 2.29. The molecule has 0 spiro atoms. The second-order valence-electron chi connectivity index (χ2n) is 9.52. The van der Waals surface area contributed by atoms with E-state index in [4.69, 9.17) is 4.98 Å². The van der Waals surface area contributed by atoms with E-state index in [-0.39, 0.29) is 17.4 Å². The SMILES string of the molecule is CC(=O)Nc1ccc(-c2cc(F)ccc2CNc2cc(NC3CC3)n3ncc(/C=C4\NC(=O)NC4=O)c3n2)cn1. The number of pyridine rings is 1. The number of benzene rings is 1. The van der Waals surface area contributed by atoms with Crippen LogP contribution < -0.4 is 26.6 Å². The summed E-state index contributed by atoms with van der Waals surface area (Å²) >= 11 is 0. The highest BCUT2D eigenvalue weighted by atomic mass is 19.1. The number of hydrogen-bond donors (Lipinski definition) is 5. The van der Waals surface area contributed by atoms with Crippen LogP contribution >= 0.6 is 0 Å². The molecule has 1 aliphatic carbocycles. The summed E-state index contributed by atoms with van der Waals surface area (Å²) in [4.78, 5) is 43.9. The van der Waals surface area contributed by atoms with Crippen LogP contribution in [0, 0.1) is 5.82 Å². The number of urea groups is 1. The van der Waals surface area contributed by atoms with E-state index in [0.29, 0.717) is 46.6 Å². The standard InChI is InChI=1S/C27H24FN9O3/c1-14(38)32-22-7-3-16(11-29-22)20-9-18(28)4-2-15(20)12-30-23-10-24(33-19-5-6-19)37-25(35-23)17(13-31-37)8-21-26(39)36-27(40)34-21/h2-4,7-11,13,19,33H,5-6,12H2,1H3,(H,30,35)(H,29,32,38)(H2,34,36,39,40)/b21-8-. The predicted octanol–water partition coefficient (Wildman–Crippen LogP) is 3.26. The molecule has 4 aromatic rings. The van der Waals surface area contributed by atoms with E-state index in [1.165, 1.54) is 25.1 Å². The fraction of sp³-hybridized carbons (Fsp3) is 0.185. The van der Waals surface area contributed by atoms with E-state index < -0.39 is 11.9 Å². The summed E-state index contributed by atoms with van der Waals surface area (Å²) < 4.78 is 15.9. The van der Waals surface area contributed by atoms with Crippen molar-refractivity contribution in [2.75, 3.05) is 16.0 Å². The van der Waals surface area contributed by atoms with Gasteiger partial charge in [-0.05, 0) is 54.3 Å². The maximum Gasteiger partial charge on any atom is 0.326 e. The van der Waals surface area contributed by atoms with Crippen LogP contribution in [0.2, 0.25) is 0 Å². The molecule has 202 valence electrons. The Morgan fingerprint density at radius 2 is 1.98 bits per heavy atom. The molecule has 13 heteroatoms. The van der Waals surface area contributed by atoms with Gasteiger partial charge in [0.1, 0.15) is 29.0 Å². The summed E-state index contributed by atoms with van der Waals surface area (Å²) in [6, 6.07) is 9.53. The molecule has 4 amide bonds. The maximum atomic E-state index is 14.2. The lowest BCUT2D eigenvalue weighted by molar-refractivity contribution is -0.116. The largest absolute Gasteiger partial charge is 0.367 e. The fourth-order valence-electron chi connectivity index (χ4n) is 4.31. The molecular weight excluding hydrogens is 517 g/mol. The minimum atomic E-state index is -0.589. The molecule has 6 rings (SSSR count). The van der Waals surface area contributed by atoms with Crippen LogP contribution in [0.3, 0.4) is 0 Å². The lowest BCUT2D eigenvalue weighted by atomic mass is 10.0. The molecule has 3 aromatic heterocycles. The van der Waals surface area contributed by atoms with Crippen LogP contribution in [-0.4, -0.2) is 43.5 Å². The summed E-state index contributed by atoms with van der Waals surface area (Å²) in [5.74, 6) is 0.506. The second-order valence-corrected chi connectivity index (χ2v) is 9.52. The summed E-state index contributed by atoms with van der Waals surface area (Å²) in [5.41, 5.74) is 3.26. The fourth-order valence-corrected chi connectivity index (χ4v) is 4.31. The topological polar surface area (TPSA) is 154 Å². The summed E-state index contributed by atoms with van der Waals surface area (Å²) in [7, 11) is 0. The van der Waals surface area contributed by atoms with Crippen LogP contribution in [0.4, 0.5) is 26.6 Å².